The summed E-state index contributed by atoms with van der Waals surface area (Å²) in [5.74, 6) is 0. The van der Waals surface area contributed by atoms with Crippen LogP contribution in [0.4, 0.5) is 0 Å². The number of epoxide rings is 1. The van der Waals surface area contributed by atoms with Gasteiger partial charge in [-0.2, -0.15) is 0 Å². The van der Waals surface area contributed by atoms with Gasteiger partial charge in [0.1, 0.15) is 0 Å². The van der Waals surface area contributed by atoms with Crippen molar-refractivity contribution in [2.24, 2.45) is 0 Å². The first-order valence-electron chi connectivity index (χ1n) is 4.54. The zero-order valence-corrected chi connectivity index (χ0v) is 7.10. The van der Waals surface area contributed by atoms with Crippen LogP contribution in [0.5, 0.6) is 0 Å². The zero-order chi connectivity index (χ0) is 7.40. The van der Waals surface area contributed by atoms with Crippen LogP contribution in [0.3, 0.4) is 0 Å². The quantitative estimate of drug-likeness (QED) is 0.425. The molecule has 0 aliphatic carbocycles. The third kappa shape index (κ3) is 2.30. The van der Waals surface area contributed by atoms with Crippen molar-refractivity contribution in [1.82, 2.24) is 0 Å². The molecule has 2 atom stereocenters. The van der Waals surface area contributed by atoms with Crippen LogP contribution in [0.15, 0.2) is 0 Å². The Morgan fingerprint density at radius 1 is 1.10 bits per heavy atom. The predicted molar refractivity (Wildman–Crippen MR) is 43.1 cm³/mol. The second-order valence-electron chi connectivity index (χ2n) is 3.12. The van der Waals surface area contributed by atoms with Crippen molar-refractivity contribution in [1.29, 1.82) is 0 Å². The lowest BCUT2D eigenvalue weighted by molar-refractivity contribution is 0.355. The summed E-state index contributed by atoms with van der Waals surface area (Å²) in [6, 6.07) is 0. The Morgan fingerprint density at radius 3 is 2.40 bits per heavy atom. The summed E-state index contributed by atoms with van der Waals surface area (Å²) in [5, 5.41) is 0. The van der Waals surface area contributed by atoms with E-state index in [0.717, 1.165) is 0 Å². The Hall–Kier alpha value is -0.0400. The molecule has 0 unspecified atom stereocenters. The third-order valence-corrected chi connectivity index (χ3v) is 2.18. The molecule has 1 aliphatic rings. The summed E-state index contributed by atoms with van der Waals surface area (Å²) < 4.78 is 5.41. The van der Waals surface area contributed by atoms with Gasteiger partial charge >= 0.3 is 0 Å². The second-order valence-corrected chi connectivity index (χ2v) is 3.12. The van der Waals surface area contributed by atoms with E-state index in [4.69, 9.17) is 4.74 Å². The van der Waals surface area contributed by atoms with Gasteiger partial charge in [0, 0.05) is 0 Å². The Bertz CT molecular complexity index is 90.7. The van der Waals surface area contributed by atoms with Gasteiger partial charge in [-0.05, 0) is 12.8 Å². The van der Waals surface area contributed by atoms with Crippen molar-refractivity contribution in [2.45, 2.75) is 58.2 Å². The fraction of sp³-hybridized carbons (Fsp3) is 1.00. The maximum absolute atomic E-state index is 5.41. The SMILES string of the molecule is CCCCC[C@H]1O[C@H]1CC. The molecular formula is C9H18O. The van der Waals surface area contributed by atoms with Crippen molar-refractivity contribution in [3.63, 3.8) is 0 Å². The fourth-order valence-electron chi connectivity index (χ4n) is 1.39. The van der Waals surface area contributed by atoms with Crippen molar-refractivity contribution in [3.8, 4) is 0 Å². The maximum Gasteiger partial charge on any atom is 0.0841 e. The summed E-state index contributed by atoms with van der Waals surface area (Å²) in [5.41, 5.74) is 0. The lowest BCUT2D eigenvalue weighted by Gasteiger charge is -1.92. The van der Waals surface area contributed by atoms with Gasteiger partial charge in [-0.15, -0.1) is 0 Å². The molecule has 0 bridgehead atoms. The molecule has 1 aliphatic heterocycles. The van der Waals surface area contributed by atoms with Crippen molar-refractivity contribution >= 4 is 0 Å². The Morgan fingerprint density at radius 2 is 1.90 bits per heavy atom. The summed E-state index contributed by atoms with van der Waals surface area (Å²) in [4.78, 5) is 0. The highest BCUT2D eigenvalue weighted by Crippen LogP contribution is 2.29. The van der Waals surface area contributed by atoms with Crippen molar-refractivity contribution in [3.05, 3.63) is 0 Å². The van der Waals surface area contributed by atoms with Crippen LogP contribution in [0, 0.1) is 0 Å². The number of hydrogen-bond acceptors (Lipinski definition) is 1. The van der Waals surface area contributed by atoms with Crippen molar-refractivity contribution in [2.75, 3.05) is 0 Å². The first-order valence-corrected chi connectivity index (χ1v) is 4.54. The molecule has 0 spiro atoms. The Labute approximate surface area is 63.8 Å². The van der Waals surface area contributed by atoms with Gasteiger partial charge in [-0.1, -0.05) is 33.1 Å². The second kappa shape index (κ2) is 3.97. The van der Waals surface area contributed by atoms with Crippen LogP contribution >= 0.6 is 0 Å². The average molecular weight is 142 g/mol. The largest absolute Gasteiger partial charge is 0.370 e. The smallest absolute Gasteiger partial charge is 0.0841 e. The zero-order valence-electron chi connectivity index (χ0n) is 7.10. The van der Waals surface area contributed by atoms with Crippen LogP contribution in [-0.2, 0) is 4.74 Å². The number of unbranched alkanes of at least 4 members (excludes halogenated alkanes) is 2. The molecule has 0 aromatic carbocycles. The molecule has 0 aromatic rings. The minimum absolute atomic E-state index is 0.622. The number of hydrogen-bond donors (Lipinski definition) is 0. The number of rotatable bonds is 5. The van der Waals surface area contributed by atoms with Crippen LogP contribution in [0.2, 0.25) is 0 Å². The molecule has 0 amide bonds. The average Bonchev–Trinajstić information content (AvgIpc) is 2.68. The molecule has 1 nitrogen and oxygen atoms in total. The molecule has 1 saturated heterocycles. The van der Waals surface area contributed by atoms with E-state index in [2.05, 4.69) is 13.8 Å². The van der Waals surface area contributed by atoms with Gasteiger partial charge in [-0.3, -0.25) is 0 Å². The molecule has 1 rings (SSSR count). The highest BCUT2D eigenvalue weighted by molar-refractivity contribution is 4.82. The molecule has 0 radical (unpaired) electrons. The van der Waals surface area contributed by atoms with Gasteiger partial charge in [0.25, 0.3) is 0 Å². The van der Waals surface area contributed by atoms with Gasteiger partial charge in [0.05, 0.1) is 12.2 Å². The van der Waals surface area contributed by atoms with E-state index in [1.165, 1.54) is 32.1 Å². The monoisotopic (exact) mass is 142 g/mol. The normalized spacial score (nSPS) is 30.6. The van der Waals surface area contributed by atoms with E-state index in [1.54, 1.807) is 0 Å². The lowest BCUT2D eigenvalue weighted by atomic mass is 10.1. The van der Waals surface area contributed by atoms with Crippen molar-refractivity contribution < 1.29 is 4.74 Å². The van der Waals surface area contributed by atoms with Crippen LogP contribution in [0.1, 0.15) is 46.0 Å². The third-order valence-electron chi connectivity index (χ3n) is 2.18. The maximum atomic E-state index is 5.41. The molecule has 10 heavy (non-hydrogen) atoms. The minimum atomic E-state index is 0.622. The molecule has 60 valence electrons. The van der Waals surface area contributed by atoms with Gasteiger partial charge in [0.2, 0.25) is 0 Å². The van der Waals surface area contributed by atoms with E-state index in [0.29, 0.717) is 12.2 Å². The minimum Gasteiger partial charge on any atom is -0.370 e. The molecule has 1 heterocycles. The summed E-state index contributed by atoms with van der Waals surface area (Å²) >= 11 is 0. The summed E-state index contributed by atoms with van der Waals surface area (Å²) in [6.45, 7) is 4.44. The fourth-order valence-corrected chi connectivity index (χ4v) is 1.39. The Balaban J connectivity index is 1.87. The molecule has 1 fully saturated rings. The Kier molecular flexibility index (Phi) is 3.20. The van der Waals surface area contributed by atoms with E-state index < -0.39 is 0 Å². The predicted octanol–water partition coefficient (Wildman–Crippen LogP) is 2.74. The molecular weight excluding hydrogens is 124 g/mol. The first kappa shape index (κ1) is 8.06. The standard InChI is InChI=1S/C9H18O/c1-3-5-6-7-9-8(4-2)10-9/h8-9H,3-7H2,1-2H3/t8-,9+/m0/s1. The van der Waals surface area contributed by atoms with E-state index >= 15 is 0 Å². The highest BCUT2D eigenvalue weighted by Gasteiger charge is 2.35. The highest BCUT2D eigenvalue weighted by atomic mass is 16.6. The van der Waals surface area contributed by atoms with Gasteiger partial charge < -0.3 is 4.74 Å². The molecule has 0 aromatic heterocycles. The summed E-state index contributed by atoms with van der Waals surface area (Å²) in [7, 11) is 0. The number of ether oxygens (including phenoxy) is 1. The van der Waals surface area contributed by atoms with Gasteiger partial charge in [0.15, 0.2) is 0 Å². The van der Waals surface area contributed by atoms with Gasteiger partial charge in [-0.25, -0.2) is 0 Å². The lowest BCUT2D eigenvalue weighted by Crippen LogP contribution is -1.91. The van der Waals surface area contributed by atoms with E-state index in [-0.39, 0.29) is 0 Å². The first-order chi connectivity index (χ1) is 4.88. The van der Waals surface area contributed by atoms with Crippen LogP contribution in [-0.4, -0.2) is 12.2 Å². The van der Waals surface area contributed by atoms with Crippen LogP contribution in [0.25, 0.3) is 0 Å². The molecule has 0 N–H and O–H groups in total. The molecule has 1 heteroatoms. The van der Waals surface area contributed by atoms with Crippen LogP contribution < -0.4 is 0 Å². The molecule has 0 saturated carbocycles. The summed E-state index contributed by atoms with van der Waals surface area (Å²) in [6.07, 6.45) is 7.81. The van der Waals surface area contributed by atoms with E-state index in [1.807, 2.05) is 0 Å². The van der Waals surface area contributed by atoms with E-state index in [9.17, 15) is 0 Å². The topological polar surface area (TPSA) is 12.5 Å².